The number of H-pyrrole nitrogens is 1. The molecule has 3 aliphatic rings. The maximum atomic E-state index is 13.0. The van der Waals surface area contributed by atoms with E-state index in [0.29, 0.717) is 6.54 Å². The molecule has 2 aliphatic carbocycles. The van der Waals surface area contributed by atoms with Crippen LogP contribution in [0.3, 0.4) is 0 Å². The number of allylic oxidation sites excluding steroid dienone is 4. The van der Waals surface area contributed by atoms with Crippen molar-refractivity contribution in [1.82, 2.24) is 10.3 Å². The molecule has 5 rings (SSSR count). The van der Waals surface area contributed by atoms with Crippen LogP contribution >= 0.6 is 0 Å². The fourth-order valence-corrected chi connectivity index (χ4v) is 6.04. The van der Waals surface area contributed by atoms with Crippen LogP contribution in [0.2, 0.25) is 0 Å². The summed E-state index contributed by atoms with van der Waals surface area (Å²) >= 11 is 0. The summed E-state index contributed by atoms with van der Waals surface area (Å²) < 4.78 is 0. The highest BCUT2D eigenvalue weighted by Gasteiger charge is 2.44. The van der Waals surface area contributed by atoms with E-state index in [0.717, 1.165) is 66.4 Å². The summed E-state index contributed by atoms with van der Waals surface area (Å²) in [6.07, 6.45) is 7.05. The van der Waals surface area contributed by atoms with E-state index in [1.807, 2.05) is 18.0 Å². The topological polar surface area (TPSA) is 68.4 Å². The summed E-state index contributed by atoms with van der Waals surface area (Å²) in [5.74, 6) is 0.525. The molecule has 1 amide bonds. The molecule has 1 aromatic heterocycles. The van der Waals surface area contributed by atoms with E-state index in [1.165, 1.54) is 11.3 Å². The Kier molecular flexibility index (Phi) is 5.48. The fraction of sp³-hybridized carbons (Fsp3) is 0.464. The molecule has 0 bridgehead atoms. The Labute approximate surface area is 196 Å². The van der Waals surface area contributed by atoms with E-state index in [1.54, 1.807) is 0 Å². The molecule has 174 valence electrons. The first-order valence-corrected chi connectivity index (χ1v) is 12.2. The maximum absolute atomic E-state index is 13.0. The molecular weight excluding hydrogens is 410 g/mol. The average molecular weight is 446 g/mol. The van der Waals surface area contributed by atoms with Crippen LogP contribution in [0.4, 0.5) is 5.69 Å². The summed E-state index contributed by atoms with van der Waals surface area (Å²) in [5, 5.41) is 14.5. The zero-order valence-electron chi connectivity index (χ0n) is 19.8. The number of rotatable bonds is 5. The van der Waals surface area contributed by atoms with Gasteiger partial charge in [0, 0.05) is 47.5 Å². The number of nitrogens with zero attached hydrogens (tertiary/aromatic N) is 1. The Morgan fingerprint density at radius 2 is 2.15 bits per heavy atom. The first kappa shape index (κ1) is 22.0. The van der Waals surface area contributed by atoms with Crippen LogP contribution in [0, 0.1) is 17.3 Å². The maximum Gasteiger partial charge on any atom is 0.230 e. The van der Waals surface area contributed by atoms with E-state index in [4.69, 9.17) is 0 Å². The fourth-order valence-electron chi connectivity index (χ4n) is 6.04. The van der Waals surface area contributed by atoms with Gasteiger partial charge in [0.2, 0.25) is 5.91 Å². The molecule has 3 N–H and O–H groups in total. The largest absolute Gasteiger partial charge is 0.393 e. The second-order valence-electron chi connectivity index (χ2n) is 10.5. The third kappa shape index (κ3) is 3.82. The molecule has 2 unspecified atom stereocenters. The summed E-state index contributed by atoms with van der Waals surface area (Å²) in [6.45, 7) is 11.4. The van der Waals surface area contributed by atoms with Crippen molar-refractivity contribution in [1.29, 1.82) is 0 Å². The molecule has 1 aromatic carbocycles. The highest BCUT2D eigenvalue weighted by atomic mass is 16.3. The number of hydrogen-bond donors (Lipinski definition) is 3. The molecule has 4 atom stereocenters. The first-order chi connectivity index (χ1) is 15.8. The number of fused-ring (bicyclic) bond motifs is 2. The van der Waals surface area contributed by atoms with E-state index in [9.17, 15) is 9.90 Å². The van der Waals surface area contributed by atoms with Crippen molar-refractivity contribution < 1.29 is 9.90 Å². The standard InChI is InChI=1S/C28H35N3O2/c1-5-28(3)11-10-22(26(15-28)29-4)17(2)24-13-18-6-7-20(14-25(18)30-24)31-16-19-12-21(32)8-9-23(19)27(31)33/h5-7,13-14,19,21,23,29-30,32H,1-2,8-12,15-16H2,3-4H3/t19?,21-,23+,28?/m0/s1. The van der Waals surface area contributed by atoms with Crippen molar-refractivity contribution in [3.05, 3.63) is 60.5 Å². The van der Waals surface area contributed by atoms with Gasteiger partial charge in [-0.2, -0.15) is 0 Å². The van der Waals surface area contributed by atoms with Crippen molar-refractivity contribution in [3.63, 3.8) is 0 Å². The van der Waals surface area contributed by atoms with Crippen LogP contribution in [0.1, 0.15) is 51.1 Å². The predicted molar refractivity (Wildman–Crippen MR) is 135 cm³/mol. The van der Waals surface area contributed by atoms with E-state index < -0.39 is 0 Å². The minimum Gasteiger partial charge on any atom is -0.393 e. The summed E-state index contributed by atoms with van der Waals surface area (Å²) in [4.78, 5) is 18.5. The van der Waals surface area contributed by atoms with Crippen molar-refractivity contribution in [2.45, 2.75) is 51.6 Å². The number of hydrogen-bond acceptors (Lipinski definition) is 3. The van der Waals surface area contributed by atoms with Gasteiger partial charge in [-0.3, -0.25) is 4.79 Å². The molecular formula is C28H35N3O2. The highest BCUT2D eigenvalue weighted by molar-refractivity contribution is 6.00. The van der Waals surface area contributed by atoms with Crippen LogP contribution in [0.25, 0.3) is 16.5 Å². The van der Waals surface area contributed by atoms with Crippen LogP contribution in [-0.2, 0) is 4.79 Å². The van der Waals surface area contributed by atoms with Gasteiger partial charge in [0.1, 0.15) is 0 Å². The number of amides is 1. The van der Waals surface area contributed by atoms with Gasteiger partial charge < -0.3 is 20.3 Å². The molecule has 0 spiro atoms. The molecule has 2 aromatic rings. The molecule has 1 aliphatic heterocycles. The molecule has 33 heavy (non-hydrogen) atoms. The second kappa shape index (κ2) is 8.21. The number of carbonyl (C=O) groups excluding carboxylic acids is 1. The third-order valence-corrected chi connectivity index (χ3v) is 8.25. The SMILES string of the molecule is C=CC1(C)CCC(C(=C)c2cc3ccc(N4CC5C[C@@H](O)CC[C@H]5C4=O)cc3[nH]2)=C(NC)C1. The van der Waals surface area contributed by atoms with Gasteiger partial charge in [-0.15, -0.1) is 6.58 Å². The summed E-state index contributed by atoms with van der Waals surface area (Å²) in [7, 11) is 1.98. The predicted octanol–water partition coefficient (Wildman–Crippen LogP) is 5.15. The average Bonchev–Trinajstić information content (AvgIpc) is 3.38. The van der Waals surface area contributed by atoms with Crippen LogP contribution < -0.4 is 10.2 Å². The number of carbonyl (C=O) groups is 1. The molecule has 2 fully saturated rings. The van der Waals surface area contributed by atoms with Gasteiger partial charge in [0.25, 0.3) is 0 Å². The lowest BCUT2D eigenvalue weighted by Gasteiger charge is -2.34. The Balaban J connectivity index is 1.42. The minimum absolute atomic E-state index is 0.0579. The first-order valence-electron chi connectivity index (χ1n) is 12.2. The number of benzene rings is 1. The van der Waals surface area contributed by atoms with E-state index in [2.05, 4.69) is 54.7 Å². The van der Waals surface area contributed by atoms with Crippen molar-refractivity contribution in [2.24, 2.45) is 17.3 Å². The van der Waals surface area contributed by atoms with Crippen LogP contribution in [0.15, 0.2) is 54.8 Å². The van der Waals surface area contributed by atoms with Crippen molar-refractivity contribution in [3.8, 4) is 0 Å². The van der Waals surface area contributed by atoms with Gasteiger partial charge in [0.15, 0.2) is 0 Å². The van der Waals surface area contributed by atoms with Crippen molar-refractivity contribution in [2.75, 3.05) is 18.5 Å². The van der Waals surface area contributed by atoms with Gasteiger partial charge in [-0.05, 0) is 79.2 Å². The number of nitrogens with one attached hydrogen (secondary N) is 2. The molecule has 5 heteroatoms. The van der Waals surface area contributed by atoms with E-state index >= 15 is 0 Å². The molecule has 2 heterocycles. The van der Waals surface area contributed by atoms with Crippen LogP contribution in [0.5, 0.6) is 0 Å². The molecule has 5 nitrogen and oxygen atoms in total. The lowest BCUT2D eigenvalue weighted by Crippen LogP contribution is -2.29. The Bertz CT molecular complexity index is 1160. The third-order valence-electron chi connectivity index (χ3n) is 8.25. The Hall–Kier alpha value is -2.79. The summed E-state index contributed by atoms with van der Waals surface area (Å²) in [5.41, 5.74) is 6.64. The Morgan fingerprint density at radius 1 is 1.33 bits per heavy atom. The Morgan fingerprint density at radius 3 is 2.91 bits per heavy atom. The number of aromatic amines is 1. The zero-order chi connectivity index (χ0) is 23.3. The van der Waals surface area contributed by atoms with E-state index in [-0.39, 0.29) is 29.3 Å². The van der Waals surface area contributed by atoms with Gasteiger partial charge in [-0.1, -0.05) is 25.6 Å². The monoisotopic (exact) mass is 445 g/mol. The number of aromatic nitrogens is 1. The number of aliphatic hydroxyl groups excluding tert-OH is 1. The molecule has 0 radical (unpaired) electrons. The summed E-state index contributed by atoms with van der Waals surface area (Å²) in [6, 6.07) is 8.37. The lowest BCUT2D eigenvalue weighted by atomic mass is 9.73. The minimum atomic E-state index is -0.264. The molecule has 1 saturated heterocycles. The van der Waals surface area contributed by atoms with Crippen molar-refractivity contribution >= 4 is 28.1 Å². The highest BCUT2D eigenvalue weighted by Crippen LogP contribution is 2.43. The zero-order valence-corrected chi connectivity index (χ0v) is 19.8. The van der Waals surface area contributed by atoms with Gasteiger partial charge in [0.05, 0.1) is 6.10 Å². The molecule has 1 saturated carbocycles. The quantitative estimate of drug-likeness (QED) is 0.557. The number of anilines is 1. The van der Waals surface area contributed by atoms with Gasteiger partial charge in [-0.25, -0.2) is 0 Å². The second-order valence-corrected chi connectivity index (χ2v) is 10.5. The number of aliphatic hydroxyl groups is 1. The van der Waals surface area contributed by atoms with Gasteiger partial charge >= 0.3 is 0 Å². The normalized spacial score (nSPS) is 30.0. The lowest BCUT2D eigenvalue weighted by molar-refractivity contribution is -0.122. The van der Waals surface area contributed by atoms with Crippen LogP contribution in [-0.4, -0.2) is 35.7 Å². The smallest absolute Gasteiger partial charge is 0.230 e.